The van der Waals surface area contributed by atoms with Gasteiger partial charge in [0, 0.05) is 17.2 Å². The molecule has 0 aromatic heterocycles. The summed E-state index contributed by atoms with van der Waals surface area (Å²) in [5.41, 5.74) is 0.334. The Labute approximate surface area is 104 Å². The lowest BCUT2D eigenvalue weighted by atomic mass is 9.95. The zero-order valence-corrected chi connectivity index (χ0v) is 11.5. The molecule has 1 aromatic carbocycles. The van der Waals surface area contributed by atoms with E-state index in [1.165, 1.54) is 0 Å². The van der Waals surface area contributed by atoms with Crippen LogP contribution in [0.2, 0.25) is 0 Å². The summed E-state index contributed by atoms with van der Waals surface area (Å²) in [6, 6.07) is 5.46. The first kappa shape index (κ1) is 13.0. The zero-order valence-electron chi connectivity index (χ0n) is 9.93. The second-order valence-corrected chi connectivity index (χ2v) is 5.41. The number of amides is 1. The second-order valence-electron chi connectivity index (χ2n) is 4.55. The van der Waals surface area contributed by atoms with Gasteiger partial charge in [0.15, 0.2) is 0 Å². The van der Waals surface area contributed by atoms with Gasteiger partial charge in [-0.3, -0.25) is 4.79 Å². The topological polar surface area (TPSA) is 38.3 Å². The molecule has 0 heterocycles. The number of hydrogen-bond acceptors (Lipinski definition) is 2. The van der Waals surface area contributed by atoms with Crippen LogP contribution in [0, 0.1) is 5.41 Å². The molecule has 3 nitrogen and oxygen atoms in total. The van der Waals surface area contributed by atoms with Gasteiger partial charge in [0.05, 0.1) is 11.6 Å². The van der Waals surface area contributed by atoms with Crippen LogP contribution in [0.15, 0.2) is 22.7 Å². The molecule has 0 saturated carbocycles. The van der Waals surface area contributed by atoms with Crippen LogP contribution in [0.25, 0.3) is 0 Å². The highest BCUT2D eigenvalue weighted by atomic mass is 79.9. The molecule has 16 heavy (non-hydrogen) atoms. The minimum absolute atomic E-state index is 0.0168. The van der Waals surface area contributed by atoms with E-state index in [9.17, 15) is 4.79 Å². The third kappa shape index (κ3) is 3.23. The average molecular weight is 286 g/mol. The van der Waals surface area contributed by atoms with Crippen molar-refractivity contribution in [2.24, 2.45) is 5.41 Å². The summed E-state index contributed by atoms with van der Waals surface area (Å²) in [5, 5.41) is 2.84. The quantitative estimate of drug-likeness (QED) is 0.904. The molecule has 1 aromatic rings. The van der Waals surface area contributed by atoms with Crippen molar-refractivity contribution < 1.29 is 9.53 Å². The molecule has 0 aliphatic carbocycles. The molecular weight excluding hydrogens is 270 g/mol. The van der Waals surface area contributed by atoms with Gasteiger partial charge >= 0.3 is 0 Å². The number of hydrogen-bond donors (Lipinski definition) is 1. The van der Waals surface area contributed by atoms with E-state index in [1.807, 2.05) is 32.9 Å². The Morgan fingerprint density at radius 2 is 2.00 bits per heavy atom. The van der Waals surface area contributed by atoms with Gasteiger partial charge in [-0.15, -0.1) is 0 Å². The van der Waals surface area contributed by atoms with Crippen molar-refractivity contribution in [2.75, 3.05) is 12.4 Å². The number of ether oxygens (including phenoxy) is 1. The number of anilines is 1. The Hall–Kier alpha value is -1.03. The predicted molar refractivity (Wildman–Crippen MR) is 68.8 cm³/mol. The Morgan fingerprint density at radius 3 is 2.50 bits per heavy atom. The molecule has 1 rings (SSSR count). The highest BCUT2D eigenvalue weighted by Crippen LogP contribution is 2.28. The minimum Gasteiger partial charge on any atom is -0.495 e. The Kier molecular flexibility index (Phi) is 3.97. The van der Waals surface area contributed by atoms with Gasteiger partial charge in [-0.2, -0.15) is 0 Å². The Balaban J connectivity index is 2.87. The summed E-state index contributed by atoms with van der Waals surface area (Å²) in [4.78, 5) is 11.8. The van der Waals surface area contributed by atoms with Crippen LogP contribution in [-0.4, -0.2) is 13.0 Å². The van der Waals surface area contributed by atoms with Crippen molar-refractivity contribution in [2.45, 2.75) is 20.8 Å². The van der Waals surface area contributed by atoms with E-state index < -0.39 is 5.41 Å². The first-order valence-corrected chi connectivity index (χ1v) is 5.79. The molecular formula is C12H16BrNO2. The summed E-state index contributed by atoms with van der Waals surface area (Å²) in [6.45, 7) is 5.62. The molecule has 0 bridgehead atoms. The number of carbonyl (C=O) groups excluding carboxylic acids is 1. The van der Waals surface area contributed by atoms with E-state index in [4.69, 9.17) is 4.74 Å². The van der Waals surface area contributed by atoms with Crippen LogP contribution >= 0.6 is 15.9 Å². The highest BCUT2D eigenvalue weighted by Gasteiger charge is 2.21. The molecule has 1 amide bonds. The van der Waals surface area contributed by atoms with Gasteiger partial charge in [-0.25, -0.2) is 0 Å². The van der Waals surface area contributed by atoms with Crippen LogP contribution in [-0.2, 0) is 4.79 Å². The number of methoxy groups -OCH3 is 1. The van der Waals surface area contributed by atoms with E-state index in [2.05, 4.69) is 21.2 Å². The van der Waals surface area contributed by atoms with Crippen molar-refractivity contribution in [1.29, 1.82) is 0 Å². The SMILES string of the molecule is COc1cc(NC(=O)C(C)(C)C)ccc1Br. The average Bonchev–Trinajstić information content (AvgIpc) is 2.19. The van der Waals surface area contributed by atoms with E-state index in [0.29, 0.717) is 5.75 Å². The lowest BCUT2D eigenvalue weighted by molar-refractivity contribution is -0.123. The van der Waals surface area contributed by atoms with Crippen molar-refractivity contribution in [3.05, 3.63) is 22.7 Å². The van der Waals surface area contributed by atoms with Crippen LogP contribution in [0.5, 0.6) is 5.75 Å². The minimum atomic E-state index is -0.402. The van der Waals surface area contributed by atoms with Crippen molar-refractivity contribution >= 4 is 27.5 Å². The maximum absolute atomic E-state index is 11.8. The van der Waals surface area contributed by atoms with Crippen molar-refractivity contribution in [1.82, 2.24) is 0 Å². The lowest BCUT2D eigenvalue weighted by Crippen LogP contribution is -2.27. The molecule has 1 N–H and O–H groups in total. The fraction of sp³-hybridized carbons (Fsp3) is 0.417. The van der Waals surface area contributed by atoms with Gasteiger partial charge in [-0.05, 0) is 28.1 Å². The Bertz CT molecular complexity index is 396. The van der Waals surface area contributed by atoms with E-state index in [0.717, 1.165) is 10.2 Å². The van der Waals surface area contributed by atoms with Gasteiger partial charge in [0.25, 0.3) is 0 Å². The molecule has 0 radical (unpaired) electrons. The van der Waals surface area contributed by atoms with E-state index >= 15 is 0 Å². The van der Waals surface area contributed by atoms with Crippen LogP contribution < -0.4 is 10.1 Å². The molecule has 0 unspecified atom stereocenters. The van der Waals surface area contributed by atoms with Crippen LogP contribution in [0.3, 0.4) is 0 Å². The summed E-state index contributed by atoms with van der Waals surface area (Å²) < 4.78 is 6.02. The highest BCUT2D eigenvalue weighted by molar-refractivity contribution is 9.10. The van der Waals surface area contributed by atoms with Crippen molar-refractivity contribution in [3.63, 3.8) is 0 Å². The molecule has 0 fully saturated rings. The predicted octanol–water partition coefficient (Wildman–Crippen LogP) is 3.44. The summed E-state index contributed by atoms with van der Waals surface area (Å²) >= 11 is 3.36. The smallest absolute Gasteiger partial charge is 0.229 e. The van der Waals surface area contributed by atoms with Gasteiger partial charge in [-0.1, -0.05) is 20.8 Å². The number of rotatable bonds is 2. The number of halogens is 1. The Morgan fingerprint density at radius 1 is 1.38 bits per heavy atom. The molecule has 4 heteroatoms. The zero-order chi connectivity index (χ0) is 12.3. The fourth-order valence-corrected chi connectivity index (χ4v) is 1.46. The number of benzene rings is 1. The number of nitrogens with one attached hydrogen (secondary N) is 1. The van der Waals surface area contributed by atoms with Gasteiger partial charge in [0.2, 0.25) is 5.91 Å². The summed E-state index contributed by atoms with van der Waals surface area (Å²) in [5.74, 6) is 0.684. The number of carbonyl (C=O) groups is 1. The van der Waals surface area contributed by atoms with E-state index in [-0.39, 0.29) is 5.91 Å². The molecule has 0 aliphatic heterocycles. The lowest BCUT2D eigenvalue weighted by Gasteiger charge is -2.18. The maximum Gasteiger partial charge on any atom is 0.229 e. The second kappa shape index (κ2) is 4.87. The summed E-state index contributed by atoms with van der Waals surface area (Å²) in [6.07, 6.45) is 0. The van der Waals surface area contributed by atoms with Crippen LogP contribution in [0.4, 0.5) is 5.69 Å². The third-order valence-electron chi connectivity index (χ3n) is 2.09. The largest absolute Gasteiger partial charge is 0.495 e. The van der Waals surface area contributed by atoms with Gasteiger partial charge in [0.1, 0.15) is 5.75 Å². The molecule has 88 valence electrons. The monoisotopic (exact) mass is 285 g/mol. The first-order chi connectivity index (χ1) is 7.34. The molecule has 0 aliphatic rings. The standard InChI is InChI=1S/C12H16BrNO2/c1-12(2,3)11(15)14-8-5-6-9(13)10(7-8)16-4/h5-7H,1-4H3,(H,14,15). The molecule has 0 saturated heterocycles. The maximum atomic E-state index is 11.8. The van der Waals surface area contributed by atoms with Crippen molar-refractivity contribution in [3.8, 4) is 5.75 Å². The summed E-state index contributed by atoms with van der Waals surface area (Å²) in [7, 11) is 1.59. The third-order valence-corrected chi connectivity index (χ3v) is 2.75. The molecule has 0 spiro atoms. The molecule has 0 atom stereocenters. The van der Waals surface area contributed by atoms with E-state index in [1.54, 1.807) is 13.2 Å². The first-order valence-electron chi connectivity index (χ1n) is 4.99. The fourth-order valence-electron chi connectivity index (χ4n) is 1.06. The van der Waals surface area contributed by atoms with Crippen LogP contribution in [0.1, 0.15) is 20.8 Å². The van der Waals surface area contributed by atoms with Gasteiger partial charge < -0.3 is 10.1 Å². The normalized spacial score (nSPS) is 11.1.